The molecule has 0 unspecified atom stereocenters. The Labute approximate surface area is 224 Å². The summed E-state index contributed by atoms with van der Waals surface area (Å²) in [5, 5.41) is 2.99. The van der Waals surface area contributed by atoms with Crippen LogP contribution in [0.5, 0.6) is 0 Å². The van der Waals surface area contributed by atoms with Gasteiger partial charge in [-0.3, -0.25) is 21.3 Å². The van der Waals surface area contributed by atoms with E-state index in [1.54, 1.807) is 6.08 Å². The fourth-order valence-corrected chi connectivity index (χ4v) is 3.47. The van der Waals surface area contributed by atoms with Gasteiger partial charge >= 0.3 is 5.96 Å². The molecule has 0 saturated carbocycles. The molecular weight excluding hydrogens is 483 g/mol. The summed E-state index contributed by atoms with van der Waals surface area (Å²) < 4.78 is 4.24. The van der Waals surface area contributed by atoms with Crippen molar-refractivity contribution in [2.45, 2.75) is 72.8 Å². The summed E-state index contributed by atoms with van der Waals surface area (Å²) in [6.07, 6.45) is 18.5. The number of halogens is 2. The molecule has 9 heteroatoms. The van der Waals surface area contributed by atoms with Crippen molar-refractivity contribution in [2.75, 3.05) is 13.1 Å². The van der Waals surface area contributed by atoms with Crippen LogP contribution < -0.4 is 51.2 Å². The fourth-order valence-electron chi connectivity index (χ4n) is 3.47. The monoisotopic (exact) mass is 528 g/mol. The molecule has 0 aromatic carbocycles. The van der Waals surface area contributed by atoms with E-state index >= 15 is 0 Å². The molecule has 1 amide bonds. The number of guanidine groups is 1. The third-order valence-corrected chi connectivity index (χ3v) is 5.47. The summed E-state index contributed by atoms with van der Waals surface area (Å²) in [5.41, 5.74) is 14.8. The van der Waals surface area contributed by atoms with Gasteiger partial charge in [-0.15, -0.1) is 0 Å². The number of imidazole rings is 1. The van der Waals surface area contributed by atoms with Crippen molar-refractivity contribution < 1.29 is 39.2 Å². The van der Waals surface area contributed by atoms with E-state index < -0.39 is 0 Å². The predicted octanol–water partition coefficient (Wildman–Crippen LogP) is -4.61. The van der Waals surface area contributed by atoms with Gasteiger partial charge in [0.1, 0.15) is 11.9 Å². The Morgan fingerprint density at radius 3 is 2.57 bits per heavy atom. The van der Waals surface area contributed by atoms with Crippen LogP contribution in [0.1, 0.15) is 65.5 Å². The quantitative estimate of drug-likeness (QED) is 0.0459. The van der Waals surface area contributed by atoms with Gasteiger partial charge in [-0.2, -0.15) is 0 Å². The van der Waals surface area contributed by atoms with Crippen molar-refractivity contribution in [3.63, 3.8) is 0 Å². The van der Waals surface area contributed by atoms with Crippen LogP contribution in [0.3, 0.4) is 0 Å². The van der Waals surface area contributed by atoms with Gasteiger partial charge in [0.2, 0.25) is 12.2 Å². The van der Waals surface area contributed by atoms with E-state index in [2.05, 4.69) is 71.8 Å². The van der Waals surface area contributed by atoms with Crippen molar-refractivity contribution >= 4 is 11.9 Å². The normalized spacial score (nSPS) is 11.9. The van der Waals surface area contributed by atoms with Crippen molar-refractivity contribution in [1.29, 1.82) is 0 Å². The first kappa shape index (κ1) is 34.9. The molecule has 0 spiro atoms. The molecule has 0 fully saturated rings. The van der Waals surface area contributed by atoms with E-state index in [1.807, 2.05) is 13.1 Å². The topological polar surface area (TPSA) is 104 Å². The first-order valence-corrected chi connectivity index (χ1v) is 12.1. The number of aromatic nitrogens is 2. The number of allylic oxidation sites excluding steroid dienone is 5. The summed E-state index contributed by atoms with van der Waals surface area (Å²) >= 11 is 0. The molecule has 7 nitrogen and oxygen atoms in total. The average Bonchev–Trinajstić information content (AvgIpc) is 3.08. The Kier molecular flexibility index (Phi) is 19.9. The lowest BCUT2D eigenvalue weighted by Crippen LogP contribution is -3.00. The highest BCUT2D eigenvalue weighted by Crippen LogP contribution is 2.12. The van der Waals surface area contributed by atoms with E-state index in [-0.39, 0.29) is 36.7 Å². The minimum atomic E-state index is -0.0286. The predicted molar refractivity (Wildman–Crippen MR) is 136 cm³/mol. The van der Waals surface area contributed by atoms with Crippen LogP contribution in [0.2, 0.25) is 0 Å². The molecule has 1 atom stereocenters. The lowest BCUT2D eigenvalue weighted by molar-refractivity contribution is -0.699. The lowest BCUT2D eigenvalue weighted by atomic mass is 10.0. The third-order valence-electron chi connectivity index (χ3n) is 5.47. The maximum absolute atomic E-state index is 12.2. The number of carbonyl (C=O) groups is 1. The van der Waals surface area contributed by atoms with Crippen LogP contribution in [-0.2, 0) is 24.8 Å². The molecule has 1 heterocycles. The largest absolute Gasteiger partial charge is 1.00 e. The van der Waals surface area contributed by atoms with Gasteiger partial charge < -0.3 is 30.1 Å². The van der Waals surface area contributed by atoms with Gasteiger partial charge in [0.25, 0.3) is 0 Å². The first-order valence-electron chi connectivity index (χ1n) is 12.1. The Morgan fingerprint density at radius 2 is 1.91 bits per heavy atom. The molecule has 0 radical (unpaired) electrons. The minimum absolute atomic E-state index is 0. The summed E-state index contributed by atoms with van der Waals surface area (Å²) in [7, 11) is 2.02. The standard InChI is InChI=1S/C26H44N6O.2ClH/c1-21(2)9-6-10-22(3)11-7-12-23(4)13-14-25(33)29-17-15-24-19-32(20-31(24)5)18-8-16-30-26(27)28;;/h9,11,13-14,19-20,23H,6-8,10,12,15-18H2,1-5H3,(H4-,27,28,29,30,33);2*1H/b14-13+,22-11+;;/t23-;;/m0../s1. The lowest BCUT2D eigenvalue weighted by Gasteiger charge is -2.05. The minimum Gasteiger partial charge on any atom is -1.00 e. The van der Waals surface area contributed by atoms with Crippen LogP contribution in [0.15, 0.2) is 48.0 Å². The number of nitrogens with one attached hydrogen (secondary N) is 2. The number of nitrogens with zero attached hydrogens (tertiary/aromatic N) is 2. The molecule has 0 aliphatic heterocycles. The molecule has 0 aliphatic rings. The molecule has 1 aromatic heterocycles. The second kappa shape index (κ2) is 20.0. The van der Waals surface area contributed by atoms with Gasteiger partial charge in [-0.1, -0.05) is 36.3 Å². The van der Waals surface area contributed by atoms with Crippen LogP contribution >= 0.6 is 0 Å². The maximum Gasteiger partial charge on any atom is 0.338 e. The van der Waals surface area contributed by atoms with Gasteiger partial charge in [-0.25, -0.2) is 9.13 Å². The first-order chi connectivity index (χ1) is 15.7. The van der Waals surface area contributed by atoms with E-state index in [0.717, 1.165) is 51.6 Å². The zero-order valence-corrected chi connectivity index (χ0v) is 23.6. The highest BCUT2D eigenvalue weighted by Gasteiger charge is 2.10. The smallest absolute Gasteiger partial charge is 0.338 e. The number of rotatable bonds is 15. The summed E-state index contributed by atoms with van der Waals surface area (Å²) in [4.78, 5) is 15.1. The summed E-state index contributed by atoms with van der Waals surface area (Å²) in [5.74, 6) is 0.607. The Balaban J connectivity index is 0. The van der Waals surface area contributed by atoms with Crippen molar-refractivity contribution in [1.82, 2.24) is 9.88 Å². The molecule has 200 valence electrons. The Bertz CT molecular complexity index is 850. The third kappa shape index (κ3) is 17.8. The SMILES string of the molecule is CC(C)=CCC/C(C)=C/CC[C@H](C)/C=C/C(=O)NCCc1c[n+](CCC[NH+]=C(N)N)cn1C.[Cl-].[Cl-]. The second-order valence-electron chi connectivity index (χ2n) is 9.15. The van der Waals surface area contributed by atoms with Crippen LogP contribution in [0, 0.1) is 5.92 Å². The van der Waals surface area contributed by atoms with Crippen LogP contribution in [0.4, 0.5) is 0 Å². The van der Waals surface area contributed by atoms with E-state index in [9.17, 15) is 4.79 Å². The molecule has 0 saturated heterocycles. The number of hydrogen-bond acceptors (Lipinski definition) is 1. The van der Waals surface area contributed by atoms with E-state index in [1.165, 1.54) is 16.8 Å². The zero-order chi connectivity index (χ0) is 24.6. The molecule has 35 heavy (non-hydrogen) atoms. The number of nitrogens with two attached hydrogens (primary N) is 2. The van der Waals surface area contributed by atoms with Crippen molar-refractivity contribution in [3.8, 4) is 0 Å². The number of amides is 1. The number of carbonyl (C=O) groups excluding carboxylic acids is 1. The number of hydrogen-bond donors (Lipinski definition) is 4. The molecule has 6 N–H and O–H groups in total. The molecule has 1 rings (SSSR count). The molecule has 0 bridgehead atoms. The van der Waals surface area contributed by atoms with Gasteiger partial charge in [-0.05, 0) is 58.4 Å². The highest BCUT2D eigenvalue weighted by atomic mass is 35.5. The highest BCUT2D eigenvalue weighted by molar-refractivity contribution is 5.87. The molecule has 0 aliphatic carbocycles. The summed E-state index contributed by atoms with van der Waals surface area (Å²) in [6.45, 7) is 10.9. The van der Waals surface area contributed by atoms with Gasteiger partial charge in [0.15, 0.2) is 0 Å². The van der Waals surface area contributed by atoms with Crippen LogP contribution in [0.25, 0.3) is 0 Å². The zero-order valence-electron chi connectivity index (χ0n) is 22.1. The Hall–Kier alpha value is -2.25. The van der Waals surface area contributed by atoms with E-state index in [4.69, 9.17) is 11.5 Å². The van der Waals surface area contributed by atoms with Crippen LogP contribution in [-0.4, -0.2) is 29.5 Å². The van der Waals surface area contributed by atoms with Gasteiger partial charge in [0, 0.05) is 19.4 Å². The molecular formula is C26H46Cl2N6O. The Morgan fingerprint density at radius 1 is 1.20 bits per heavy atom. The summed E-state index contributed by atoms with van der Waals surface area (Å²) in [6, 6.07) is 0. The molecule has 1 aromatic rings. The second-order valence-corrected chi connectivity index (χ2v) is 9.15. The number of aryl methyl sites for hydroxylation is 2. The van der Waals surface area contributed by atoms with Crippen molar-refractivity contribution in [2.24, 2.45) is 24.4 Å². The van der Waals surface area contributed by atoms with E-state index in [0.29, 0.717) is 12.5 Å². The average molecular weight is 530 g/mol. The van der Waals surface area contributed by atoms with Gasteiger partial charge in [0.05, 0.1) is 20.1 Å². The van der Waals surface area contributed by atoms with Crippen molar-refractivity contribution in [3.05, 3.63) is 53.7 Å². The fraction of sp³-hybridized carbons (Fsp3) is 0.577. The maximum atomic E-state index is 12.2.